The van der Waals surface area contributed by atoms with Gasteiger partial charge in [-0.2, -0.15) is 0 Å². The molecular weight excluding hydrogens is 225 g/mol. The van der Waals surface area contributed by atoms with Crippen molar-refractivity contribution in [2.24, 2.45) is 5.92 Å². The summed E-state index contributed by atoms with van der Waals surface area (Å²) in [6.07, 6.45) is 6.14. The molecule has 0 saturated heterocycles. The van der Waals surface area contributed by atoms with Crippen LogP contribution in [0.5, 0.6) is 0 Å². The second kappa shape index (κ2) is 6.33. The van der Waals surface area contributed by atoms with Crippen LogP contribution < -0.4 is 5.32 Å². The first-order chi connectivity index (χ1) is 8.74. The largest absolute Gasteiger partial charge is 0.310 e. The van der Waals surface area contributed by atoms with E-state index in [2.05, 4.69) is 12.2 Å². The minimum Gasteiger partial charge on any atom is -0.310 e. The van der Waals surface area contributed by atoms with E-state index < -0.39 is 0 Å². The third-order valence-corrected chi connectivity index (χ3v) is 4.04. The molecule has 1 N–H and O–H groups in total. The van der Waals surface area contributed by atoms with Crippen molar-refractivity contribution in [2.75, 3.05) is 6.54 Å². The Morgan fingerprint density at radius 1 is 1.33 bits per heavy atom. The Kier molecular flexibility index (Phi) is 4.76. The predicted molar refractivity (Wildman–Crippen MR) is 74.1 cm³/mol. The maximum atomic E-state index is 14.3. The van der Waals surface area contributed by atoms with Crippen molar-refractivity contribution >= 4 is 0 Å². The van der Waals surface area contributed by atoms with Gasteiger partial charge in [-0.1, -0.05) is 38.0 Å². The first kappa shape index (κ1) is 13.5. The monoisotopic (exact) mass is 249 g/mol. The average Bonchev–Trinajstić information content (AvgIpc) is 2.88. The Labute approximate surface area is 110 Å². The highest BCUT2D eigenvalue weighted by Gasteiger charge is 2.27. The van der Waals surface area contributed by atoms with Crippen LogP contribution in [0, 0.1) is 18.7 Å². The van der Waals surface area contributed by atoms with E-state index in [1.54, 1.807) is 0 Å². The van der Waals surface area contributed by atoms with E-state index in [0.29, 0.717) is 5.92 Å². The summed E-state index contributed by atoms with van der Waals surface area (Å²) in [4.78, 5) is 0. The SMILES string of the molecule is CCCNC(c1cccc(C)c1F)C1CCCC1. The second-order valence-electron chi connectivity index (χ2n) is 5.45. The van der Waals surface area contributed by atoms with E-state index in [1.807, 2.05) is 25.1 Å². The van der Waals surface area contributed by atoms with Gasteiger partial charge < -0.3 is 5.32 Å². The van der Waals surface area contributed by atoms with E-state index in [4.69, 9.17) is 0 Å². The molecule has 1 atom stereocenters. The molecule has 1 unspecified atom stereocenters. The van der Waals surface area contributed by atoms with Gasteiger partial charge in [-0.3, -0.25) is 0 Å². The molecule has 1 fully saturated rings. The number of nitrogens with one attached hydrogen (secondary N) is 1. The molecule has 1 saturated carbocycles. The fourth-order valence-corrected chi connectivity index (χ4v) is 3.03. The number of halogens is 1. The molecule has 0 heterocycles. The standard InChI is InChI=1S/C16H24FN/c1-3-11-18-16(13-8-4-5-9-13)14-10-6-7-12(2)15(14)17/h6-7,10,13,16,18H,3-5,8-9,11H2,1-2H3. The van der Waals surface area contributed by atoms with Crippen molar-refractivity contribution in [1.82, 2.24) is 5.32 Å². The Bertz CT molecular complexity index is 383. The molecule has 0 aromatic heterocycles. The van der Waals surface area contributed by atoms with Gasteiger partial charge in [-0.25, -0.2) is 4.39 Å². The molecule has 18 heavy (non-hydrogen) atoms. The predicted octanol–water partition coefficient (Wildman–Crippen LogP) is 4.37. The van der Waals surface area contributed by atoms with Crippen molar-refractivity contribution in [1.29, 1.82) is 0 Å². The van der Waals surface area contributed by atoms with E-state index >= 15 is 0 Å². The highest BCUT2D eigenvalue weighted by atomic mass is 19.1. The van der Waals surface area contributed by atoms with Gasteiger partial charge in [-0.05, 0) is 44.2 Å². The Morgan fingerprint density at radius 2 is 2.06 bits per heavy atom. The van der Waals surface area contributed by atoms with Crippen molar-refractivity contribution in [3.8, 4) is 0 Å². The molecule has 0 amide bonds. The molecule has 0 spiro atoms. The molecule has 0 aliphatic heterocycles. The summed E-state index contributed by atoms with van der Waals surface area (Å²) >= 11 is 0. The molecule has 2 rings (SSSR count). The molecule has 2 heteroatoms. The second-order valence-corrected chi connectivity index (χ2v) is 5.45. The number of hydrogen-bond acceptors (Lipinski definition) is 1. The molecule has 100 valence electrons. The minimum absolute atomic E-state index is 0.0157. The summed E-state index contributed by atoms with van der Waals surface area (Å²) < 4.78 is 14.3. The van der Waals surface area contributed by atoms with Gasteiger partial charge in [0.1, 0.15) is 5.82 Å². The summed E-state index contributed by atoms with van der Waals surface area (Å²) in [7, 11) is 0. The molecule has 1 aliphatic carbocycles. The molecular formula is C16H24FN. The van der Waals surface area contributed by atoms with Crippen molar-refractivity contribution < 1.29 is 4.39 Å². The minimum atomic E-state index is -0.0157. The number of hydrogen-bond donors (Lipinski definition) is 1. The van der Waals surface area contributed by atoms with Crippen LogP contribution in [0.1, 0.15) is 56.2 Å². The molecule has 1 aromatic carbocycles. The number of aryl methyl sites for hydroxylation is 1. The van der Waals surface area contributed by atoms with Crippen molar-refractivity contribution in [3.05, 3.63) is 35.1 Å². The normalized spacial score (nSPS) is 18.2. The maximum absolute atomic E-state index is 14.3. The summed E-state index contributed by atoms with van der Waals surface area (Å²) in [5.41, 5.74) is 1.63. The van der Waals surface area contributed by atoms with E-state index in [9.17, 15) is 4.39 Å². The molecule has 1 nitrogen and oxygen atoms in total. The van der Waals surface area contributed by atoms with Gasteiger partial charge in [0, 0.05) is 11.6 Å². The third kappa shape index (κ3) is 2.92. The van der Waals surface area contributed by atoms with Crippen LogP contribution in [0.25, 0.3) is 0 Å². The van der Waals surface area contributed by atoms with Crippen LogP contribution in [-0.2, 0) is 0 Å². The van der Waals surface area contributed by atoms with E-state index in [-0.39, 0.29) is 11.9 Å². The van der Waals surface area contributed by atoms with Crippen LogP contribution in [0.3, 0.4) is 0 Å². The third-order valence-electron chi connectivity index (χ3n) is 4.04. The average molecular weight is 249 g/mol. The quantitative estimate of drug-likeness (QED) is 0.817. The van der Waals surface area contributed by atoms with Crippen LogP contribution in [0.4, 0.5) is 4.39 Å². The van der Waals surface area contributed by atoms with Crippen LogP contribution in [0.2, 0.25) is 0 Å². The molecule has 1 aromatic rings. The summed E-state index contributed by atoms with van der Waals surface area (Å²) in [5, 5.41) is 3.56. The zero-order valence-electron chi connectivity index (χ0n) is 11.5. The van der Waals surface area contributed by atoms with Gasteiger partial charge in [-0.15, -0.1) is 0 Å². The van der Waals surface area contributed by atoms with Gasteiger partial charge in [0.25, 0.3) is 0 Å². The lowest BCUT2D eigenvalue weighted by atomic mass is 9.90. The highest BCUT2D eigenvalue weighted by Crippen LogP contribution is 2.37. The molecule has 0 radical (unpaired) electrons. The van der Waals surface area contributed by atoms with Gasteiger partial charge in [0.05, 0.1) is 0 Å². The van der Waals surface area contributed by atoms with Gasteiger partial charge in [0.15, 0.2) is 0 Å². The van der Waals surface area contributed by atoms with E-state index in [1.165, 1.54) is 25.7 Å². The lowest BCUT2D eigenvalue weighted by Crippen LogP contribution is -2.28. The topological polar surface area (TPSA) is 12.0 Å². The Hall–Kier alpha value is -0.890. The van der Waals surface area contributed by atoms with Crippen molar-refractivity contribution in [3.63, 3.8) is 0 Å². The lowest BCUT2D eigenvalue weighted by molar-refractivity contribution is 0.357. The Morgan fingerprint density at radius 3 is 2.72 bits per heavy atom. The lowest BCUT2D eigenvalue weighted by Gasteiger charge is -2.26. The summed E-state index contributed by atoms with van der Waals surface area (Å²) in [6.45, 7) is 4.98. The fraction of sp³-hybridized carbons (Fsp3) is 0.625. The smallest absolute Gasteiger partial charge is 0.130 e. The fourth-order valence-electron chi connectivity index (χ4n) is 3.03. The van der Waals surface area contributed by atoms with Gasteiger partial charge in [0.2, 0.25) is 0 Å². The highest BCUT2D eigenvalue weighted by molar-refractivity contribution is 5.28. The molecule has 1 aliphatic rings. The molecule has 0 bridgehead atoms. The number of rotatable bonds is 5. The number of benzene rings is 1. The first-order valence-corrected chi connectivity index (χ1v) is 7.22. The Balaban J connectivity index is 2.23. The zero-order chi connectivity index (χ0) is 13.0. The maximum Gasteiger partial charge on any atom is 0.130 e. The van der Waals surface area contributed by atoms with Crippen molar-refractivity contribution in [2.45, 2.75) is 52.0 Å². The van der Waals surface area contributed by atoms with E-state index in [0.717, 1.165) is 24.1 Å². The van der Waals surface area contributed by atoms with Crippen LogP contribution in [-0.4, -0.2) is 6.54 Å². The van der Waals surface area contributed by atoms with Crippen LogP contribution >= 0.6 is 0 Å². The summed E-state index contributed by atoms with van der Waals surface area (Å²) in [6, 6.07) is 5.98. The van der Waals surface area contributed by atoms with Gasteiger partial charge >= 0.3 is 0 Å². The summed E-state index contributed by atoms with van der Waals surface area (Å²) in [5.74, 6) is 0.589. The van der Waals surface area contributed by atoms with Crippen LogP contribution in [0.15, 0.2) is 18.2 Å². The first-order valence-electron chi connectivity index (χ1n) is 7.22. The zero-order valence-corrected chi connectivity index (χ0v) is 11.5.